The van der Waals surface area contributed by atoms with Gasteiger partial charge in [-0.2, -0.15) is 8.42 Å². The quantitative estimate of drug-likeness (QED) is 0.821. The monoisotopic (exact) mass is 363 g/mol. The molecule has 134 valence electrons. The van der Waals surface area contributed by atoms with Crippen LogP contribution in [0.2, 0.25) is 0 Å². The number of benzene rings is 1. The number of amidine groups is 1. The van der Waals surface area contributed by atoms with Crippen LogP contribution in [0.3, 0.4) is 0 Å². The molecular formula is C17H21N3O4S. The van der Waals surface area contributed by atoms with Crippen molar-refractivity contribution >= 4 is 33.2 Å². The van der Waals surface area contributed by atoms with Gasteiger partial charge in [0.25, 0.3) is 10.0 Å². The average Bonchev–Trinajstić information content (AvgIpc) is 2.74. The van der Waals surface area contributed by atoms with Crippen LogP contribution >= 0.6 is 0 Å². The Kier molecular flexibility index (Phi) is 4.40. The molecule has 1 aromatic carbocycles. The number of carbonyl (C=O) groups excluding carboxylic acids is 2. The number of Topliss-reactive ketones (excluding diaryl/α,β-unsaturated/α-hetero) is 1. The molecule has 0 aromatic heterocycles. The minimum atomic E-state index is -3.93. The number of hydrogen-bond donors (Lipinski definition) is 1. The molecule has 1 saturated heterocycles. The minimum Gasteiger partial charge on any atom is -0.341 e. The lowest BCUT2D eigenvalue weighted by molar-refractivity contribution is -0.130. The van der Waals surface area contributed by atoms with E-state index < -0.39 is 22.0 Å². The first-order valence-corrected chi connectivity index (χ1v) is 9.71. The van der Waals surface area contributed by atoms with E-state index in [1.807, 2.05) is 13.8 Å². The van der Waals surface area contributed by atoms with Crippen LogP contribution in [0.1, 0.15) is 27.2 Å². The predicted octanol–water partition coefficient (Wildman–Crippen LogP) is 1.66. The molecule has 25 heavy (non-hydrogen) atoms. The Bertz CT molecular complexity index is 860. The molecule has 2 aliphatic heterocycles. The second-order valence-electron chi connectivity index (χ2n) is 6.80. The van der Waals surface area contributed by atoms with Crippen molar-refractivity contribution in [3.63, 3.8) is 0 Å². The number of carbonyl (C=O) groups is 2. The number of nitrogens with zero attached hydrogens (tertiary/aromatic N) is 2. The maximum atomic E-state index is 12.8. The SMILES string of the molecule is CC(C)CCN1C(=O)C(C2=NS(=O)(=O)c3ccccc3N2)C(=O)[C@@H]1C. The van der Waals surface area contributed by atoms with Crippen molar-refractivity contribution in [3.8, 4) is 0 Å². The van der Waals surface area contributed by atoms with E-state index in [-0.39, 0.29) is 22.4 Å². The van der Waals surface area contributed by atoms with Crippen LogP contribution in [0.15, 0.2) is 33.6 Å². The van der Waals surface area contributed by atoms with Crippen LogP contribution in [0.4, 0.5) is 5.69 Å². The molecule has 2 atom stereocenters. The van der Waals surface area contributed by atoms with E-state index in [0.717, 1.165) is 6.42 Å². The summed E-state index contributed by atoms with van der Waals surface area (Å²) in [4.78, 5) is 26.9. The van der Waals surface area contributed by atoms with Gasteiger partial charge in [0.1, 0.15) is 10.7 Å². The van der Waals surface area contributed by atoms with Crippen molar-refractivity contribution in [2.45, 2.75) is 38.1 Å². The van der Waals surface area contributed by atoms with Crippen LogP contribution in [0.25, 0.3) is 0 Å². The molecule has 3 rings (SSSR count). The first-order chi connectivity index (χ1) is 11.7. The fourth-order valence-corrected chi connectivity index (χ4v) is 4.24. The summed E-state index contributed by atoms with van der Waals surface area (Å²) >= 11 is 0. The number of nitrogens with one attached hydrogen (secondary N) is 1. The van der Waals surface area contributed by atoms with Gasteiger partial charge in [0.15, 0.2) is 11.7 Å². The lowest BCUT2D eigenvalue weighted by atomic mass is 10.0. The summed E-state index contributed by atoms with van der Waals surface area (Å²) in [5.41, 5.74) is 0.335. The number of anilines is 1. The summed E-state index contributed by atoms with van der Waals surface area (Å²) in [5.74, 6) is -1.61. The molecule has 1 aromatic rings. The molecule has 1 unspecified atom stereocenters. The first kappa shape index (κ1) is 17.6. The third-order valence-corrected chi connectivity index (χ3v) is 5.91. The van der Waals surface area contributed by atoms with E-state index in [1.165, 1.54) is 11.0 Å². The molecule has 1 N–H and O–H groups in total. The van der Waals surface area contributed by atoms with E-state index in [2.05, 4.69) is 9.71 Å². The minimum absolute atomic E-state index is 0.0429. The summed E-state index contributed by atoms with van der Waals surface area (Å²) in [7, 11) is -3.93. The van der Waals surface area contributed by atoms with Crippen molar-refractivity contribution in [3.05, 3.63) is 24.3 Å². The van der Waals surface area contributed by atoms with Crippen molar-refractivity contribution in [2.24, 2.45) is 16.2 Å². The maximum Gasteiger partial charge on any atom is 0.286 e. The maximum absolute atomic E-state index is 12.8. The van der Waals surface area contributed by atoms with Crippen LogP contribution in [0, 0.1) is 11.8 Å². The van der Waals surface area contributed by atoms with Crippen LogP contribution < -0.4 is 5.32 Å². The van der Waals surface area contributed by atoms with Gasteiger partial charge >= 0.3 is 0 Å². The molecule has 0 radical (unpaired) electrons. The zero-order chi connectivity index (χ0) is 18.4. The molecule has 0 spiro atoms. The average molecular weight is 363 g/mol. The summed E-state index contributed by atoms with van der Waals surface area (Å²) in [5, 5.41) is 2.86. The fraction of sp³-hybridized carbons (Fsp3) is 0.471. The third kappa shape index (κ3) is 3.06. The Labute approximate surface area is 147 Å². The molecule has 7 nitrogen and oxygen atoms in total. The highest BCUT2D eigenvalue weighted by atomic mass is 32.2. The Morgan fingerprint density at radius 3 is 2.60 bits per heavy atom. The van der Waals surface area contributed by atoms with Crippen LogP contribution in [-0.2, 0) is 19.6 Å². The lowest BCUT2D eigenvalue weighted by Crippen LogP contribution is -2.37. The number of likely N-dealkylation sites (tertiary alicyclic amines) is 1. The molecule has 0 bridgehead atoms. The highest BCUT2D eigenvalue weighted by Crippen LogP contribution is 2.31. The van der Waals surface area contributed by atoms with Gasteiger partial charge in [-0.05, 0) is 31.4 Å². The number of sulfonamides is 1. The van der Waals surface area contributed by atoms with Crippen molar-refractivity contribution < 1.29 is 18.0 Å². The Hall–Kier alpha value is -2.22. The zero-order valence-electron chi connectivity index (χ0n) is 14.4. The highest BCUT2D eigenvalue weighted by molar-refractivity contribution is 7.90. The Balaban J connectivity index is 1.93. The number of amides is 1. The second kappa shape index (κ2) is 6.25. The largest absolute Gasteiger partial charge is 0.341 e. The number of fused-ring (bicyclic) bond motifs is 1. The van der Waals surface area contributed by atoms with Gasteiger partial charge < -0.3 is 10.2 Å². The van der Waals surface area contributed by atoms with E-state index >= 15 is 0 Å². The number of hydrogen-bond acceptors (Lipinski definition) is 5. The van der Waals surface area contributed by atoms with Gasteiger partial charge in [-0.3, -0.25) is 9.59 Å². The van der Waals surface area contributed by atoms with Crippen LogP contribution in [-0.4, -0.2) is 43.4 Å². The summed E-state index contributed by atoms with van der Waals surface area (Å²) < 4.78 is 28.4. The Morgan fingerprint density at radius 2 is 1.92 bits per heavy atom. The van der Waals surface area contributed by atoms with Gasteiger partial charge in [-0.1, -0.05) is 26.0 Å². The van der Waals surface area contributed by atoms with Gasteiger partial charge in [0.05, 0.1) is 11.7 Å². The van der Waals surface area contributed by atoms with Crippen LogP contribution in [0.5, 0.6) is 0 Å². The summed E-state index contributed by atoms with van der Waals surface area (Å²) in [6.07, 6.45) is 0.775. The standard InChI is InChI=1S/C17H21N3O4S/c1-10(2)8-9-20-11(3)15(21)14(17(20)22)16-18-12-6-4-5-7-13(12)25(23,24)19-16/h4-7,10-11,14H,8-9H2,1-3H3,(H,18,19)/t11-,14?/m0/s1. The zero-order valence-corrected chi connectivity index (χ0v) is 15.2. The third-order valence-electron chi connectivity index (χ3n) is 4.56. The summed E-state index contributed by atoms with van der Waals surface area (Å²) in [6, 6.07) is 5.72. The number of ketones is 1. The molecule has 2 heterocycles. The normalized spacial score (nSPS) is 25.0. The molecule has 0 aliphatic carbocycles. The summed E-state index contributed by atoms with van der Waals surface area (Å²) in [6.45, 7) is 6.23. The molecule has 8 heteroatoms. The van der Waals surface area contributed by atoms with E-state index in [4.69, 9.17) is 0 Å². The smallest absolute Gasteiger partial charge is 0.286 e. The van der Waals surface area contributed by atoms with Gasteiger partial charge in [0.2, 0.25) is 5.91 Å². The number of para-hydroxylation sites is 1. The number of rotatable bonds is 4. The molecule has 0 saturated carbocycles. The van der Waals surface area contributed by atoms with E-state index in [9.17, 15) is 18.0 Å². The Morgan fingerprint density at radius 1 is 1.24 bits per heavy atom. The molecule has 1 amide bonds. The topological polar surface area (TPSA) is 95.9 Å². The lowest BCUT2D eigenvalue weighted by Gasteiger charge is -2.22. The van der Waals surface area contributed by atoms with Gasteiger partial charge in [-0.15, -0.1) is 4.40 Å². The van der Waals surface area contributed by atoms with Crippen molar-refractivity contribution in [2.75, 3.05) is 11.9 Å². The highest BCUT2D eigenvalue weighted by Gasteiger charge is 2.48. The van der Waals surface area contributed by atoms with E-state index in [1.54, 1.807) is 25.1 Å². The predicted molar refractivity (Wildman–Crippen MR) is 93.8 cm³/mol. The first-order valence-electron chi connectivity index (χ1n) is 8.27. The molecule has 2 aliphatic rings. The van der Waals surface area contributed by atoms with E-state index in [0.29, 0.717) is 18.2 Å². The van der Waals surface area contributed by atoms with Crippen molar-refractivity contribution in [1.29, 1.82) is 0 Å². The van der Waals surface area contributed by atoms with Gasteiger partial charge in [-0.25, -0.2) is 0 Å². The molecule has 1 fully saturated rings. The second-order valence-corrected chi connectivity index (χ2v) is 8.37. The van der Waals surface area contributed by atoms with Gasteiger partial charge in [0, 0.05) is 6.54 Å². The fourth-order valence-electron chi connectivity index (χ4n) is 3.09. The van der Waals surface area contributed by atoms with Crippen molar-refractivity contribution in [1.82, 2.24) is 4.90 Å². The molecular weight excluding hydrogens is 342 g/mol.